The maximum Gasteiger partial charge on any atom is 0.254 e. The fourth-order valence-electron chi connectivity index (χ4n) is 3.75. The molecule has 6 heteroatoms. The second kappa shape index (κ2) is 9.96. The van der Waals surface area contributed by atoms with E-state index in [9.17, 15) is 4.79 Å². The summed E-state index contributed by atoms with van der Waals surface area (Å²) in [5, 5.41) is 0. The maximum absolute atomic E-state index is 13.4. The van der Waals surface area contributed by atoms with E-state index in [0.29, 0.717) is 6.54 Å². The third-order valence-corrected chi connectivity index (χ3v) is 6.61. The van der Waals surface area contributed by atoms with E-state index in [1.54, 1.807) is 24.2 Å². The quantitative estimate of drug-likeness (QED) is 0.518. The van der Waals surface area contributed by atoms with Gasteiger partial charge in [-0.05, 0) is 81.0 Å². The van der Waals surface area contributed by atoms with Gasteiger partial charge in [-0.1, -0.05) is 6.07 Å². The lowest BCUT2D eigenvalue weighted by atomic mass is 10.0. The number of pyridine rings is 1. The van der Waals surface area contributed by atoms with E-state index in [4.69, 9.17) is 4.42 Å². The third kappa shape index (κ3) is 5.32. The number of carbonyl (C=O) groups excluding carboxylic acids is 1. The lowest BCUT2D eigenvalue weighted by Crippen LogP contribution is -2.46. The van der Waals surface area contributed by atoms with E-state index >= 15 is 0 Å². The van der Waals surface area contributed by atoms with Crippen molar-refractivity contribution < 1.29 is 9.21 Å². The lowest BCUT2D eigenvalue weighted by Gasteiger charge is -2.37. The minimum atomic E-state index is 0.0739. The van der Waals surface area contributed by atoms with Gasteiger partial charge in [0.1, 0.15) is 5.76 Å². The molecule has 1 aliphatic rings. The van der Waals surface area contributed by atoms with Gasteiger partial charge in [-0.3, -0.25) is 9.78 Å². The van der Waals surface area contributed by atoms with Crippen LogP contribution in [0.1, 0.15) is 34.5 Å². The van der Waals surface area contributed by atoms with Gasteiger partial charge < -0.3 is 14.2 Å². The second-order valence-electron chi connectivity index (χ2n) is 7.72. The number of benzene rings is 1. The summed E-state index contributed by atoms with van der Waals surface area (Å²) >= 11 is 1.75. The number of hydrogen-bond acceptors (Lipinski definition) is 5. The van der Waals surface area contributed by atoms with Crippen molar-refractivity contribution in [2.24, 2.45) is 0 Å². The highest BCUT2D eigenvalue weighted by atomic mass is 32.2. The summed E-state index contributed by atoms with van der Waals surface area (Å²) < 4.78 is 5.54. The summed E-state index contributed by atoms with van der Waals surface area (Å²) in [6, 6.07) is 16.0. The minimum absolute atomic E-state index is 0.0739. The molecule has 1 aromatic carbocycles. The van der Waals surface area contributed by atoms with Gasteiger partial charge in [0.25, 0.3) is 5.91 Å². The van der Waals surface area contributed by atoms with Gasteiger partial charge in [0.15, 0.2) is 0 Å². The molecule has 0 unspecified atom stereocenters. The predicted octanol–water partition coefficient (Wildman–Crippen LogP) is 4.70. The molecule has 4 rings (SSSR count). The zero-order valence-electron chi connectivity index (χ0n) is 17.2. The number of carbonyl (C=O) groups is 1. The molecular weight excluding hydrogens is 394 g/mol. The van der Waals surface area contributed by atoms with Gasteiger partial charge in [0.2, 0.25) is 0 Å². The molecule has 1 amide bonds. The first-order chi connectivity index (χ1) is 14.7. The molecule has 156 valence electrons. The number of hydrogen-bond donors (Lipinski definition) is 0. The van der Waals surface area contributed by atoms with Crippen LogP contribution in [-0.4, -0.2) is 46.9 Å². The van der Waals surface area contributed by atoms with Gasteiger partial charge in [-0.15, -0.1) is 11.8 Å². The average molecular weight is 422 g/mol. The molecule has 0 bridgehead atoms. The Morgan fingerprint density at radius 3 is 2.63 bits per heavy atom. The molecule has 0 spiro atoms. The van der Waals surface area contributed by atoms with E-state index in [0.717, 1.165) is 47.9 Å². The zero-order valence-corrected chi connectivity index (χ0v) is 18.1. The highest BCUT2D eigenvalue weighted by Gasteiger charge is 2.28. The monoisotopic (exact) mass is 421 g/mol. The van der Waals surface area contributed by atoms with Gasteiger partial charge in [-0.2, -0.15) is 0 Å². The Kier molecular flexibility index (Phi) is 6.87. The summed E-state index contributed by atoms with van der Waals surface area (Å²) in [7, 11) is 2.14. The predicted molar refractivity (Wildman–Crippen MR) is 119 cm³/mol. The summed E-state index contributed by atoms with van der Waals surface area (Å²) in [4.78, 5) is 23.0. The fourth-order valence-corrected chi connectivity index (χ4v) is 4.59. The van der Waals surface area contributed by atoms with Crippen LogP contribution in [-0.2, 0) is 12.3 Å². The van der Waals surface area contributed by atoms with E-state index in [1.807, 2.05) is 53.6 Å². The van der Waals surface area contributed by atoms with Gasteiger partial charge in [0.05, 0.1) is 12.8 Å². The smallest absolute Gasteiger partial charge is 0.254 e. The second-order valence-corrected chi connectivity index (χ2v) is 8.77. The highest BCUT2D eigenvalue weighted by molar-refractivity contribution is 7.98. The summed E-state index contributed by atoms with van der Waals surface area (Å²) in [5.74, 6) is 1.76. The Bertz CT molecular complexity index is 921. The Balaban J connectivity index is 1.45. The van der Waals surface area contributed by atoms with Crippen LogP contribution in [0.25, 0.3) is 0 Å². The van der Waals surface area contributed by atoms with Crippen LogP contribution in [0, 0.1) is 0 Å². The number of amides is 1. The molecule has 0 radical (unpaired) electrons. The maximum atomic E-state index is 13.4. The molecular formula is C24H27N3O2S. The molecule has 5 nitrogen and oxygen atoms in total. The fraction of sp³-hybridized carbons (Fsp3) is 0.333. The molecule has 1 saturated heterocycles. The van der Waals surface area contributed by atoms with Crippen molar-refractivity contribution >= 4 is 17.7 Å². The standard InChI is InChI=1S/C24H27N3O2S/c1-26-13-10-21(11-14-26)27(17-22-5-3-15-29-22)24(28)20-6-8-23(9-7-20)30-18-19-4-2-12-25-16-19/h2-9,12,15-16,21H,10-11,13-14,17-18H2,1H3. The van der Waals surface area contributed by atoms with Crippen LogP contribution in [0.2, 0.25) is 0 Å². The first-order valence-corrected chi connectivity index (χ1v) is 11.3. The van der Waals surface area contributed by atoms with Crippen LogP contribution < -0.4 is 0 Å². The number of thioether (sulfide) groups is 1. The lowest BCUT2D eigenvalue weighted by molar-refractivity contribution is 0.0550. The zero-order chi connectivity index (χ0) is 20.8. The van der Waals surface area contributed by atoms with Crippen molar-refractivity contribution in [3.05, 3.63) is 84.1 Å². The topological polar surface area (TPSA) is 49.6 Å². The van der Waals surface area contributed by atoms with Crippen molar-refractivity contribution in [2.45, 2.75) is 36.1 Å². The molecule has 2 aromatic heterocycles. The van der Waals surface area contributed by atoms with E-state index < -0.39 is 0 Å². The summed E-state index contributed by atoms with van der Waals surface area (Å²) in [6.07, 6.45) is 7.32. The molecule has 1 aliphatic heterocycles. The minimum Gasteiger partial charge on any atom is -0.467 e. The highest BCUT2D eigenvalue weighted by Crippen LogP contribution is 2.25. The van der Waals surface area contributed by atoms with Gasteiger partial charge in [0, 0.05) is 34.6 Å². The van der Waals surface area contributed by atoms with Crippen LogP contribution >= 0.6 is 11.8 Å². The molecule has 0 aliphatic carbocycles. The molecule has 0 N–H and O–H groups in total. The average Bonchev–Trinajstić information content (AvgIpc) is 3.31. The Hall–Kier alpha value is -2.57. The molecule has 0 saturated carbocycles. The Labute approximate surface area is 182 Å². The number of piperidine rings is 1. The molecule has 3 aromatic rings. The van der Waals surface area contributed by atoms with Crippen LogP contribution in [0.4, 0.5) is 0 Å². The van der Waals surface area contributed by atoms with Crippen molar-refractivity contribution in [2.75, 3.05) is 20.1 Å². The first kappa shape index (κ1) is 20.7. The molecule has 3 heterocycles. The number of aromatic nitrogens is 1. The number of nitrogens with zero attached hydrogens (tertiary/aromatic N) is 3. The normalized spacial score (nSPS) is 15.2. The van der Waals surface area contributed by atoms with Gasteiger partial charge >= 0.3 is 0 Å². The van der Waals surface area contributed by atoms with Crippen LogP contribution in [0.3, 0.4) is 0 Å². The number of furan rings is 1. The Morgan fingerprint density at radius 1 is 1.17 bits per heavy atom. The number of likely N-dealkylation sites (tertiary alicyclic amines) is 1. The van der Waals surface area contributed by atoms with Gasteiger partial charge in [-0.25, -0.2) is 0 Å². The van der Waals surface area contributed by atoms with Crippen molar-refractivity contribution in [3.63, 3.8) is 0 Å². The van der Waals surface area contributed by atoms with Crippen LogP contribution in [0.5, 0.6) is 0 Å². The molecule has 30 heavy (non-hydrogen) atoms. The number of rotatable bonds is 7. The van der Waals surface area contributed by atoms with E-state index in [1.165, 1.54) is 5.56 Å². The summed E-state index contributed by atoms with van der Waals surface area (Å²) in [5.41, 5.74) is 1.92. The van der Waals surface area contributed by atoms with E-state index in [2.05, 4.69) is 23.0 Å². The molecule has 0 atom stereocenters. The third-order valence-electron chi connectivity index (χ3n) is 5.53. The SMILES string of the molecule is CN1CCC(N(Cc2ccco2)C(=O)c2ccc(SCc3cccnc3)cc2)CC1. The molecule has 1 fully saturated rings. The Morgan fingerprint density at radius 2 is 1.97 bits per heavy atom. The van der Waals surface area contributed by atoms with E-state index in [-0.39, 0.29) is 11.9 Å². The van der Waals surface area contributed by atoms with Crippen LogP contribution in [0.15, 0.2) is 76.5 Å². The summed E-state index contributed by atoms with van der Waals surface area (Å²) in [6.45, 7) is 2.53. The van der Waals surface area contributed by atoms with Crippen molar-refractivity contribution in [3.8, 4) is 0 Å². The van der Waals surface area contributed by atoms with Crippen molar-refractivity contribution in [1.29, 1.82) is 0 Å². The van der Waals surface area contributed by atoms with Crippen molar-refractivity contribution in [1.82, 2.24) is 14.8 Å². The first-order valence-electron chi connectivity index (χ1n) is 10.3. The largest absolute Gasteiger partial charge is 0.467 e.